The van der Waals surface area contributed by atoms with Crippen molar-refractivity contribution < 1.29 is 14.7 Å². The molecule has 1 aromatic heterocycles. The standard InChI is InChI=1S/C12H12Cl2N2O3/c13-8-5-7(6-9(14)15-8)10(17)16-12(11(18)19)3-1-2-4-12/h5-6H,1-4H2,(H,16,17)(H,18,19). The second kappa shape index (κ2) is 5.35. The molecule has 0 aromatic carbocycles. The van der Waals surface area contributed by atoms with E-state index < -0.39 is 17.4 Å². The molecule has 0 saturated heterocycles. The lowest BCUT2D eigenvalue weighted by molar-refractivity contribution is -0.144. The summed E-state index contributed by atoms with van der Waals surface area (Å²) in [5.41, 5.74) is -0.975. The van der Waals surface area contributed by atoms with E-state index >= 15 is 0 Å². The molecule has 1 aliphatic carbocycles. The van der Waals surface area contributed by atoms with Crippen LogP contribution in [0.25, 0.3) is 0 Å². The number of pyridine rings is 1. The van der Waals surface area contributed by atoms with Gasteiger partial charge >= 0.3 is 5.97 Å². The SMILES string of the molecule is O=C(NC1(C(=O)O)CCCC1)c1cc(Cl)nc(Cl)c1. The second-order valence-electron chi connectivity index (χ2n) is 4.55. The number of carboxylic acid groups (broad SMARTS) is 1. The average Bonchev–Trinajstić information content (AvgIpc) is 2.77. The molecule has 102 valence electrons. The van der Waals surface area contributed by atoms with E-state index in [1.807, 2.05) is 0 Å². The minimum Gasteiger partial charge on any atom is -0.480 e. The van der Waals surface area contributed by atoms with Crippen LogP contribution in [-0.4, -0.2) is 27.5 Å². The van der Waals surface area contributed by atoms with Crippen molar-refractivity contribution in [2.75, 3.05) is 0 Å². The summed E-state index contributed by atoms with van der Waals surface area (Å²) >= 11 is 11.4. The maximum Gasteiger partial charge on any atom is 0.329 e. The molecule has 7 heteroatoms. The van der Waals surface area contributed by atoms with Crippen LogP contribution < -0.4 is 5.32 Å². The Labute approximate surface area is 119 Å². The molecule has 0 unspecified atom stereocenters. The van der Waals surface area contributed by atoms with Gasteiger partial charge in [0.1, 0.15) is 15.8 Å². The first-order valence-corrected chi connectivity index (χ1v) is 6.57. The van der Waals surface area contributed by atoms with E-state index in [0.717, 1.165) is 12.8 Å². The van der Waals surface area contributed by atoms with Gasteiger partial charge in [-0.2, -0.15) is 0 Å². The second-order valence-corrected chi connectivity index (χ2v) is 5.32. The van der Waals surface area contributed by atoms with Crippen molar-refractivity contribution in [1.29, 1.82) is 0 Å². The van der Waals surface area contributed by atoms with Gasteiger partial charge in [0, 0.05) is 5.56 Å². The molecule has 19 heavy (non-hydrogen) atoms. The maximum atomic E-state index is 12.1. The Kier molecular flexibility index (Phi) is 3.96. The number of carbonyl (C=O) groups excluding carboxylic acids is 1. The largest absolute Gasteiger partial charge is 0.480 e. The topological polar surface area (TPSA) is 79.3 Å². The molecule has 1 aromatic rings. The molecule has 1 heterocycles. The van der Waals surface area contributed by atoms with Crippen LogP contribution in [0.3, 0.4) is 0 Å². The number of nitrogens with zero attached hydrogens (tertiary/aromatic N) is 1. The van der Waals surface area contributed by atoms with Gasteiger partial charge in [-0.3, -0.25) is 4.79 Å². The monoisotopic (exact) mass is 302 g/mol. The quantitative estimate of drug-likeness (QED) is 0.841. The van der Waals surface area contributed by atoms with Gasteiger partial charge in [-0.15, -0.1) is 0 Å². The highest BCUT2D eigenvalue weighted by Gasteiger charge is 2.42. The third-order valence-corrected chi connectivity index (χ3v) is 3.63. The smallest absolute Gasteiger partial charge is 0.329 e. The number of amides is 1. The minimum atomic E-state index is -1.18. The van der Waals surface area contributed by atoms with E-state index in [-0.39, 0.29) is 15.9 Å². The predicted molar refractivity (Wildman–Crippen MR) is 70.6 cm³/mol. The van der Waals surface area contributed by atoms with Gasteiger partial charge in [0.15, 0.2) is 0 Å². The Morgan fingerprint density at radius 3 is 2.21 bits per heavy atom. The van der Waals surface area contributed by atoms with E-state index in [9.17, 15) is 14.7 Å². The van der Waals surface area contributed by atoms with Gasteiger partial charge in [-0.1, -0.05) is 36.0 Å². The molecule has 1 aliphatic rings. The molecule has 0 atom stereocenters. The molecular weight excluding hydrogens is 291 g/mol. The zero-order chi connectivity index (χ0) is 14.0. The third kappa shape index (κ3) is 2.98. The van der Waals surface area contributed by atoms with Gasteiger partial charge in [0.2, 0.25) is 0 Å². The van der Waals surface area contributed by atoms with Crippen molar-refractivity contribution in [2.45, 2.75) is 31.2 Å². The Morgan fingerprint density at radius 1 is 1.21 bits per heavy atom. The molecule has 0 aliphatic heterocycles. The van der Waals surface area contributed by atoms with Crippen LogP contribution in [0.15, 0.2) is 12.1 Å². The number of hydrogen-bond donors (Lipinski definition) is 2. The van der Waals surface area contributed by atoms with E-state index in [2.05, 4.69) is 10.3 Å². The fraction of sp³-hybridized carbons (Fsp3) is 0.417. The van der Waals surface area contributed by atoms with E-state index in [0.29, 0.717) is 12.8 Å². The molecule has 0 spiro atoms. The van der Waals surface area contributed by atoms with E-state index in [1.54, 1.807) is 0 Å². The maximum absolute atomic E-state index is 12.1. The lowest BCUT2D eigenvalue weighted by atomic mass is 9.97. The number of halogens is 2. The average molecular weight is 303 g/mol. The number of aliphatic carboxylic acids is 1. The van der Waals surface area contributed by atoms with Crippen LogP contribution in [0.4, 0.5) is 0 Å². The Hall–Kier alpha value is -1.33. The van der Waals surface area contributed by atoms with Crippen molar-refractivity contribution in [3.8, 4) is 0 Å². The summed E-state index contributed by atoms with van der Waals surface area (Å²) in [5.74, 6) is -1.51. The van der Waals surface area contributed by atoms with Crippen LogP contribution in [0.5, 0.6) is 0 Å². The molecule has 5 nitrogen and oxygen atoms in total. The molecule has 1 saturated carbocycles. The van der Waals surface area contributed by atoms with Crippen molar-refractivity contribution in [2.24, 2.45) is 0 Å². The summed E-state index contributed by atoms with van der Waals surface area (Å²) in [7, 11) is 0. The minimum absolute atomic E-state index is 0.0912. The normalized spacial score (nSPS) is 17.2. The molecular formula is C12H12Cl2N2O3. The van der Waals surface area contributed by atoms with Gasteiger partial charge in [0.25, 0.3) is 5.91 Å². The number of carboxylic acids is 1. The number of hydrogen-bond acceptors (Lipinski definition) is 3. The molecule has 1 amide bonds. The Bertz CT molecular complexity index is 507. The van der Waals surface area contributed by atoms with Gasteiger partial charge in [0.05, 0.1) is 0 Å². The van der Waals surface area contributed by atoms with E-state index in [4.69, 9.17) is 23.2 Å². The van der Waals surface area contributed by atoms with Crippen LogP contribution in [0.2, 0.25) is 10.3 Å². The highest BCUT2D eigenvalue weighted by atomic mass is 35.5. The number of rotatable bonds is 3. The summed E-state index contributed by atoms with van der Waals surface area (Å²) in [6.45, 7) is 0. The Morgan fingerprint density at radius 2 is 1.74 bits per heavy atom. The fourth-order valence-corrected chi connectivity index (χ4v) is 2.72. The summed E-state index contributed by atoms with van der Waals surface area (Å²) in [4.78, 5) is 27.2. The fourth-order valence-electron chi connectivity index (χ4n) is 2.26. The molecule has 0 radical (unpaired) electrons. The summed E-state index contributed by atoms with van der Waals surface area (Å²) in [5, 5.41) is 12.1. The van der Waals surface area contributed by atoms with Crippen LogP contribution in [0, 0.1) is 0 Å². The molecule has 2 rings (SSSR count). The van der Waals surface area contributed by atoms with Crippen molar-refractivity contribution in [3.05, 3.63) is 28.0 Å². The van der Waals surface area contributed by atoms with Crippen molar-refractivity contribution >= 4 is 35.1 Å². The zero-order valence-corrected chi connectivity index (χ0v) is 11.5. The molecule has 0 bridgehead atoms. The van der Waals surface area contributed by atoms with Crippen LogP contribution in [0.1, 0.15) is 36.0 Å². The lowest BCUT2D eigenvalue weighted by Crippen LogP contribution is -2.52. The van der Waals surface area contributed by atoms with Crippen molar-refractivity contribution in [1.82, 2.24) is 10.3 Å². The highest BCUT2D eigenvalue weighted by molar-refractivity contribution is 6.33. The number of carbonyl (C=O) groups is 2. The van der Waals surface area contributed by atoms with E-state index in [1.165, 1.54) is 12.1 Å². The Balaban J connectivity index is 2.22. The number of aromatic nitrogens is 1. The van der Waals surface area contributed by atoms with Gasteiger partial charge < -0.3 is 10.4 Å². The van der Waals surface area contributed by atoms with Gasteiger partial charge in [-0.25, -0.2) is 9.78 Å². The number of nitrogens with one attached hydrogen (secondary N) is 1. The first kappa shape index (κ1) is 14.1. The first-order valence-electron chi connectivity index (χ1n) is 5.82. The molecule has 1 fully saturated rings. The summed E-state index contributed by atoms with van der Waals surface area (Å²) in [6.07, 6.45) is 2.43. The first-order chi connectivity index (χ1) is 8.93. The molecule has 2 N–H and O–H groups in total. The highest BCUT2D eigenvalue weighted by Crippen LogP contribution is 2.30. The third-order valence-electron chi connectivity index (χ3n) is 3.24. The lowest BCUT2D eigenvalue weighted by Gasteiger charge is -2.25. The zero-order valence-electron chi connectivity index (χ0n) is 9.95. The summed E-state index contributed by atoms with van der Waals surface area (Å²) in [6, 6.07) is 2.71. The predicted octanol–water partition coefficient (Wildman–Crippen LogP) is 2.52. The summed E-state index contributed by atoms with van der Waals surface area (Å²) < 4.78 is 0. The van der Waals surface area contributed by atoms with Crippen LogP contribution in [-0.2, 0) is 4.79 Å². The van der Waals surface area contributed by atoms with Gasteiger partial charge in [-0.05, 0) is 25.0 Å². The van der Waals surface area contributed by atoms with Crippen molar-refractivity contribution in [3.63, 3.8) is 0 Å². The van der Waals surface area contributed by atoms with Crippen LogP contribution >= 0.6 is 23.2 Å².